The van der Waals surface area contributed by atoms with E-state index in [1.165, 1.54) is 11.3 Å². The first kappa shape index (κ1) is 17.9. The highest BCUT2D eigenvalue weighted by Gasteiger charge is 2.15. The van der Waals surface area contributed by atoms with Gasteiger partial charge in [-0.05, 0) is 30.3 Å². The molecule has 28 heavy (non-hydrogen) atoms. The van der Waals surface area contributed by atoms with Crippen molar-refractivity contribution in [2.24, 2.45) is 0 Å². The fourth-order valence-corrected chi connectivity index (χ4v) is 3.56. The Hall–Kier alpha value is -3.45. The van der Waals surface area contributed by atoms with E-state index in [0.29, 0.717) is 23.1 Å². The highest BCUT2D eigenvalue weighted by atomic mass is 32.1. The van der Waals surface area contributed by atoms with Crippen LogP contribution >= 0.6 is 11.3 Å². The van der Waals surface area contributed by atoms with Crippen LogP contribution in [0.1, 0.15) is 15.2 Å². The molecular weight excluding hydrogens is 374 g/mol. The van der Waals surface area contributed by atoms with Crippen molar-refractivity contribution >= 4 is 17.2 Å². The lowest BCUT2D eigenvalue weighted by Gasteiger charge is -2.08. The van der Waals surface area contributed by atoms with Gasteiger partial charge in [0.25, 0.3) is 11.8 Å². The van der Waals surface area contributed by atoms with Crippen molar-refractivity contribution in [3.05, 3.63) is 77.2 Å². The van der Waals surface area contributed by atoms with Gasteiger partial charge in [-0.2, -0.15) is 4.98 Å². The van der Waals surface area contributed by atoms with Gasteiger partial charge in [0.2, 0.25) is 5.82 Å². The zero-order valence-electron chi connectivity index (χ0n) is 15.1. The maximum absolute atomic E-state index is 12.5. The molecule has 0 aliphatic rings. The molecule has 4 rings (SSSR count). The topological polar surface area (TPSA) is 77.2 Å². The maximum atomic E-state index is 12.5. The molecule has 1 amide bonds. The number of ether oxygens (including phenoxy) is 1. The number of benzene rings is 2. The van der Waals surface area contributed by atoms with Gasteiger partial charge in [-0.1, -0.05) is 41.6 Å². The van der Waals surface area contributed by atoms with Gasteiger partial charge in [-0.15, -0.1) is 11.3 Å². The number of amides is 1. The number of aromatic nitrogens is 2. The Balaban J connectivity index is 1.45. The van der Waals surface area contributed by atoms with Crippen LogP contribution in [0, 0.1) is 0 Å². The Kier molecular flexibility index (Phi) is 5.16. The molecule has 4 aromatic rings. The maximum Gasteiger partial charge on any atom is 0.261 e. The number of para-hydroxylation sites is 1. The summed E-state index contributed by atoms with van der Waals surface area (Å²) in [7, 11) is 1.61. The second-order valence-electron chi connectivity index (χ2n) is 5.95. The third-order valence-electron chi connectivity index (χ3n) is 4.13. The second-order valence-corrected chi connectivity index (χ2v) is 7.03. The number of thiophene rings is 1. The van der Waals surface area contributed by atoms with Crippen LogP contribution in [0.4, 0.5) is 0 Å². The summed E-state index contributed by atoms with van der Waals surface area (Å²) >= 11 is 1.32. The molecule has 1 N–H and O–H groups in total. The van der Waals surface area contributed by atoms with E-state index in [0.717, 1.165) is 21.8 Å². The second kappa shape index (κ2) is 8.06. The van der Waals surface area contributed by atoms with E-state index in [1.54, 1.807) is 13.2 Å². The van der Waals surface area contributed by atoms with Crippen LogP contribution < -0.4 is 10.1 Å². The van der Waals surface area contributed by atoms with Crippen molar-refractivity contribution in [3.8, 4) is 27.9 Å². The average molecular weight is 391 g/mol. The van der Waals surface area contributed by atoms with Gasteiger partial charge in [0.1, 0.15) is 5.75 Å². The van der Waals surface area contributed by atoms with Gasteiger partial charge in [-0.3, -0.25) is 4.79 Å². The summed E-state index contributed by atoms with van der Waals surface area (Å²) < 4.78 is 10.6. The number of hydrogen-bond acceptors (Lipinski definition) is 6. The van der Waals surface area contributed by atoms with Crippen molar-refractivity contribution in [2.45, 2.75) is 6.54 Å². The number of rotatable bonds is 6. The number of nitrogens with zero attached hydrogens (tertiary/aromatic N) is 2. The fourth-order valence-electron chi connectivity index (χ4n) is 2.71. The molecular formula is C21H17N3O3S. The predicted octanol–water partition coefficient (Wildman–Crippen LogP) is 4.40. The van der Waals surface area contributed by atoms with E-state index in [-0.39, 0.29) is 5.91 Å². The van der Waals surface area contributed by atoms with E-state index in [1.807, 2.05) is 60.7 Å². The van der Waals surface area contributed by atoms with Crippen LogP contribution in [0.25, 0.3) is 22.2 Å². The van der Waals surface area contributed by atoms with Crippen molar-refractivity contribution in [3.63, 3.8) is 0 Å². The lowest BCUT2D eigenvalue weighted by atomic mass is 10.2. The predicted molar refractivity (Wildman–Crippen MR) is 107 cm³/mol. The van der Waals surface area contributed by atoms with Crippen molar-refractivity contribution in [2.75, 3.05) is 7.11 Å². The van der Waals surface area contributed by atoms with E-state index in [4.69, 9.17) is 9.26 Å². The Morgan fingerprint density at radius 3 is 2.68 bits per heavy atom. The summed E-state index contributed by atoms with van der Waals surface area (Å²) in [4.78, 5) is 18.3. The molecule has 2 aromatic heterocycles. The van der Waals surface area contributed by atoms with Crippen LogP contribution in [0.2, 0.25) is 0 Å². The number of hydrogen-bond donors (Lipinski definition) is 1. The Bertz CT molecular complexity index is 1090. The molecule has 0 fully saturated rings. The molecule has 6 nitrogen and oxygen atoms in total. The van der Waals surface area contributed by atoms with Gasteiger partial charge in [-0.25, -0.2) is 0 Å². The number of methoxy groups -OCH3 is 1. The molecule has 0 bridgehead atoms. The van der Waals surface area contributed by atoms with Gasteiger partial charge in [0, 0.05) is 17.7 Å². The molecule has 0 atom stereocenters. The Morgan fingerprint density at radius 2 is 1.86 bits per heavy atom. The number of carbonyl (C=O) groups is 1. The molecule has 0 aliphatic heterocycles. The largest absolute Gasteiger partial charge is 0.496 e. The highest BCUT2D eigenvalue weighted by molar-refractivity contribution is 7.17. The number of carbonyl (C=O) groups excluding carboxylic acids is 1. The van der Waals surface area contributed by atoms with Crippen molar-refractivity contribution < 1.29 is 14.1 Å². The van der Waals surface area contributed by atoms with Crippen molar-refractivity contribution in [1.82, 2.24) is 15.5 Å². The summed E-state index contributed by atoms with van der Waals surface area (Å²) in [5, 5.41) is 6.94. The molecule has 140 valence electrons. The first-order valence-corrected chi connectivity index (χ1v) is 9.45. The van der Waals surface area contributed by atoms with E-state index >= 15 is 0 Å². The molecule has 0 unspecified atom stereocenters. The van der Waals surface area contributed by atoms with E-state index in [2.05, 4.69) is 15.5 Å². The summed E-state index contributed by atoms with van der Waals surface area (Å²) in [5.74, 6) is 1.50. The van der Waals surface area contributed by atoms with Gasteiger partial charge < -0.3 is 14.6 Å². The van der Waals surface area contributed by atoms with E-state index < -0.39 is 0 Å². The molecule has 2 heterocycles. The lowest BCUT2D eigenvalue weighted by Crippen LogP contribution is -2.22. The number of nitrogens with one attached hydrogen (secondary N) is 1. The lowest BCUT2D eigenvalue weighted by molar-refractivity contribution is 0.0954. The zero-order valence-corrected chi connectivity index (χ0v) is 15.9. The minimum absolute atomic E-state index is 0.158. The molecule has 0 spiro atoms. The van der Waals surface area contributed by atoms with Crippen LogP contribution in [-0.2, 0) is 6.54 Å². The molecule has 2 aromatic carbocycles. The standard InChI is InChI=1S/C21H17N3O3S/c1-26-16-10-6-5-9-15(16)13-22-20(25)18-12-11-17(28-18)19-23-21(27-24-19)14-7-3-2-4-8-14/h2-12H,13H2,1H3,(H,22,25). The summed E-state index contributed by atoms with van der Waals surface area (Å²) in [6.45, 7) is 0.385. The van der Waals surface area contributed by atoms with Gasteiger partial charge >= 0.3 is 0 Å². The Morgan fingerprint density at radius 1 is 1.07 bits per heavy atom. The quantitative estimate of drug-likeness (QED) is 0.527. The van der Waals surface area contributed by atoms with Crippen LogP contribution in [0.5, 0.6) is 5.75 Å². The van der Waals surface area contributed by atoms with Gasteiger partial charge in [0.05, 0.1) is 16.9 Å². The minimum atomic E-state index is -0.158. The fraction of sp³-hybridized carbons (Fsp3) is 0.0952. The highest BCUT2D eigenvalue weighted by Crippen LogP contribution is 2.28. The molecule has 0 saturated heterocycles. The molecule has 7 heteroatoms. The van der Waals surface area contributed by atoms with Crippen molar-refractivity contribution in [1.29, 1.82) is 0 Å². The van der Waals surface area contributed by atoms with Gasteiger partial charge in [0.15, 0.2) is 0 Å². The minimum Gasteiger partial charge on any atom is -0.496 e. The van der Waals surface area contributed by atoms with Crippen LogP contribution in [0.15, 0.2) is 71.3 Å². The summed E-state index contributed by atoms with van der Waals surface area (Å²) in [6, 6.07) is 20.7. The third kappa shape index (κ3) is 3.79. The summed E-state index contributed by atoms with van der Waals surface area (Å²) in [6.07, 6.45) is 0. The molecule has 0 saturated carbocycles. The summed E-state index contributed by atoms with van der Waals surface area (Å²) in [5.41, 5.74) is 1.77. The first-order chi connectivity index (χ1) is 13.7. The monoisotopic (exact) mass is 391 g/mol. The normalized spacial score (nSPS) is 10.6. The first-order valence-electron chi connectivity index (χ1n) is 8.64. The zero-order chi connectivity index (χ0) is 19.3. The average Bonchev–Trinajstić information content (AvgIpc) is 3.42. The van der Waals surface area contributed by atoms with Crippen LogP contribution in [-0.4, -0.2) is 23.2 Å². The smallest absolute Gasteiger partial charge is 0.261 e. The SMILES string of the molecule is COc1ccccc1CNC(=O)c1ccc(-c2noc(-c3ccccc3)n2)s1. The Labute approximate surface area is 165 Å². The third-order valence-corrected chi connectivity index (χ3v) is 5.21. The molecule has 0 aliphatic carbocycles. The molecule has 0 radical (unpaired) electrons. The van der Waals surface area contributed by atoms with Crippen LogP contribution in [0.3, 0.4) is 0 Å². The van der Waals surface area contributed by atoms with E-state index in [9.17, 15) is 4.79 Å².